The molecular formula is C26H39N7O6. The first-order valence-corrected chi connectivity index (χ1v) is 12.2. The van der Waals surface area contributed by atoms with Crippen molar-refractivity contribution in [3.63, 3.8) is 0 Å². The van der Waals surface area contributed by atoms with Crippen molar-refractivity contribution in [1.29, 1.82) is 0 Å². The quantitative estimate of drug-likeness (QED) is 0.310. The van der Waals surface area contributed by atoms with Gasteiger partial charge in [0.2, 0.25) is 0 Å². The molecule has 3 aromatic heterocycles. The molecule has 13 heteroatoms. The molecule has 0 bridgehead atoms. The minimum absolute atomic E-state index is 0.203. The van der Waals surface area contributed by atoms with E-state index >= 15 is 0 Å². The molecule has 0 aromatic carbocycles. The molecule has 0 spiro atoms. The van der Waals surface area contributed by atoms with E-state index in [1.165, 1.54) is 23.9 Å². The van der Waals surface area contributed by atoms with Crippen LogP contribution >= 0.6 is 0 Å². The first kappa shape index (κ1) is 32.5. The lowest BCUT2D eigenvalue weighted by Crippen LogP contribution is -2.27. The number of nitrogens with zero attached hydrogens (tertiary/aromatic N) is 4. The topological polar surface area (TPSA) is 151 Å². The Kier molecular flexibility index (Phi) is 12.0. The average Bonchev–Trinajstić information content (AvgIpc) is 3.54. The van der Waals surface area contributed by atoms with Crippen LogP contribution in [0.15, 0.2) is 30.7 Å². The molecule has 39 heavy (non-hydrogen) atoms. The van der Waals surface area contributed by atoms with Crippen LogP contribution in [0.25, 0.3) is 0 Å². The zero-order chi connectivity index (χ0) is 29.9. The van der Waals surface area contributed by atoms with Gasteiger partial charge in [-0.15, -0.1) is 0 Å². The highest BCUT2D eigenvalue weighted by Crippen LogP contribution is 2.17. The smallest absolute Gasteiger partial charge is 0.412 e. The van der Waals surface area contributed by atoms with Crippen molar-refractivity contribution in [3.05, 3.63) is 47.9 Å². The van der Waals surface area contributed by atoms with Crippen molar-refractivity contribution in [2.24, 2.45) is 21.1 Å². The number of ether oxygens (including phenoxy) is 2. The Hall–Kier alpha value is -4.55. The molecule has 0 aliphatic heterocycles. The predicted molar refractivity (Wildman–Crippen MR) is 149 cm³/mol. The van der Waals surface area contributed by atoms with Crippen molar-refractivity contribution in [3.8, 4) is 0 Å². The monoisotopic (exact) mass is 545 g/mol. The van der Waals surface area contributed by atoms with Crippen LogP contribution in [0.3, 0.4) is 0 Å². The maximum absolute atomic E-state index is 12.4. The second-order valence-electron chi connectivity index (χ2n) is 8.99. The van der Waals surface area contributed by atoms with Gasteiger partial charge in [-0.3, -0.25) is 14.9 Å². The fourth-order valence-corrected chi connectivity index (χ4v) is 3.12. The highest BCUT2D eigenvalue weighted by Gasteiger charge is 2.19. The van der Waals surface area contributed by atoms with E-state index in [2.05, 4.69) is 25.7 Å². The van der Waals surface area contributed by atoms with Gasteiger partial charge in [-0.1, -0.05) is 13.8 Å². The largest absolute Gasteiger partial charge is 0.464 e. The molecule has 13 nitrogen and oxygen atoms in total. The van der Waals surface area contributed by atoms with E-state index in [4.69, 9.17) is 4.74 Å². The Morgan fingerprint density at radius 1 is 0.897 bits per heavy atom. The molecule has 3 heterocycles. The highest BCUT2D eigenvalue weighted by molar-refractivity contribution is 6.04. The van der Waals surface area contributed by atoms with Crippen LogP contribution in [0, 0.1) is 0 Å². The van der Waals surface area contributed by atoms with Crippen molar-refractivity contribution in [1.82, 2.24) is 18.7 Å². The molecular weight excluding hydrogens is 506 g/mol. The number of aldehydes is 1. The first-order valence-electron chi connectivity index (χ1n) is 12.2. The molecule has 0 radical (unpaired) electrons. The van der Waals surface area contributed by atoms with Crippen LogP contribution < -0.4 is 16.0 Å². The zero-order valence-electron chi connectivity index (χ0n) is 24.2. The van der Waals surface area contributed by atoms with Crippen LogP contribution in [0.1, 0.15) is 66.2 Å². The lowest BCUT2D eigenvalue weighted by atomic mass is 10.2. The number of imidazole rings is 1. The molecule has 3 N–H and O–H groups in total. The van der Waals surface area contributed by atoms with Crippen molar-refractivity contribution >= 4 is 41.4 Å². The Morgan fingerprint density at radius 3 is 1.95 bits per heavy atom. The molecule has 0 atom stereocenters. The first-order chi connectivity index (χ1) is 18.3. The van der Waals surface area contributed by atoms with E-state index in [-0.39, 0.29) is 17.6 Å². The summed E-state index contributed by atoms with van der Waals surface area (Å²) in [6.45, 7) is 9.28. The van der Waals surface area contributed by atoms with E-state index in [9.17, 15) is 19.2 Å². The van der Waals surface area contributed by atoms with Gasteiger partial charge in [0.25, 0.3) is 5.91 Å². The lowest BCUT2D eigenvalue weighted by molar-refractivity contribution is 0.0587. The number of aromatic nitrogens is 4. The van der Waals surface area contributed by atoms with E-state index in [1.54, 1.807) is 70.4 Å². The van der Waals surface area contributed by atoms with Crippen molar-refractivity contribution < 1.29 is 28.7 Å². The Balaban J connectivity index is 0.000000454. The van der Waals surface area contributed by atoms with Crippen LogP contribution in [-0.2, 0) is 30.6 Å². The third kappa shape index (κ3) is 9.68. The number of rotatable bonds is 6. The van der Waals surface area contributed by atoms with Crippen molar-refractivity contribution in [2.75, 3.05) is 30.1 Å². The Labute approximate surface area is 228 Å². The number of hydrogen-bond acceptors (Lipinski definition) is 8. The fraction of sp³-hybridized carbons (Fsp3) is 0.423. The third-order valence-electron chi connectivity index (χ3n) is 4.83. The summed E-state index contributed by atoms with van der Waals surface area (Å²) in [4.78, 5) is 50.0. The normalized spacial score (nSPS) is 10.2. The van der Waals surface area contributed by atoms with Gasteiger partial charge in [-0.2, -0.15) is 0 Å². The van der Waals surface area contributed by atoms with Crippen LogP contribution in [-0.4, -0.2) is 62.7 Å². The van der Waals surface area contributed by atoms with Crippen LogP contribution in [0.4, 0.5) is 22.0 Å². The average molecular weight is 546 g/mol. The summed E-state index contributed by atoms with van der Waals surface area (Å²) in [5, 5.41) is 8.12. The van der Waals surface area contributed by atoms with Gasteiger partial charge in [-0.05, 0) is 32.9 Å². The molecule has 0 saturated carbocycles. The van der Waals surface area contributed by atoms with Crippen molar-refractivity contribution in [2.45, 2.75) is 40.2 Å². The molecule has 214 valence electrons. The summed E-state index contributed by atoms with van der Waals surface area (Å²) in [6.07, 6.45) is 4.94. The summed E-state index contributed by atoms with van der Waals surface area (Å²) in [5.41, 5.74) is 1.56. The Bertz CT molecular complexity index is 1280. The van der Waals surface area contributed by atoms with E-state index < -0.39 is 17.6 Å². The Morgan fingerprint density at radius 2 is 1.46 bits per heavy atom. The van der Waals surface area contributed by atoms with Gasteiger partial charge in [0.1, 0.15) is 17.0 Å². The van der Waals surface area contributed by atoms with E-state index in [1.807, 2.05) is 20.0 Å². The maximum atomic E-state index is 12.4. The number of esters is 1. The second kappa shape index (κ2) is 14.4. The fourth-order valence-electron chi connectivity index (χ4n) is 3.12. The predicted octanol–water partition coefficient (Wildman–Crippen LogP) is 4.05. The summed E-state index contributed by atoms with van der Waals surface area (Å²) in [5.74, 6) is -0.277. The molecule has 0 unspecified atom stereocenters. The molecule has 0 saturated heterocycles. The molecule has 0 aliphatic rings. The minimum Gasteiger partial charge on any atom is -0.464 e. The van der Waals surface area contributed by atoms with Gasteiger partial charge in [-0.25, -0.2) is 14.6 Å². The zero-order valence-corrected chi connectivity index (χ0v) is 24.2. The molecule has 3 aromatic rings. The molecule has 0 aliphatic carbocycles. The molecule has 3 rings (SSSR count). The summed E-state index contributed by atoms with van der Waals surface area (Å²) >= 11 is 0. The van der Waals surface area contributed by atoms with Gasteiger partial charge in [0.05, 0.1) is 18.5 Å². The van der Waals surface area contributed by atoms with Gasteiger partial charge >= 0.3 is 12.1 Å². The lowest BCUT2D eigenvalue weighted by Gasteiger charge is -2.19. The number of hydrogen-bond donors (Lipinski definition) is 3. The second-order valence-corrected chi connectivity index (χ2v) is 8.99. The van der Waals surface area contributed by atoms with Gasteiger partial charge < -0.3 is 33.8 Å². The standard InChI is InChI=1S/C16H21N5O4.C8H12N2O2.C2H6/c1-16(2,3)25-15(24)17-10-6-11(20(4)7-10)14(23)19-12-8-21(5)13(9-22)18-12;1-9-6-4-7(8(11)12-3)10(2)5-6;1-2/h6-9H,1-5H3,(H,17,24)(H,19,23);4-5,9H,1-3H3;1-2H3. The van der Waals surface area contributed by atoms with Crippen LogP contribution in [0.5, 0.6) is 0 Å². The maximum Gasteiger partial charge on any atom is 0.412 e. The summed E-state index contributed by atoms with van der Waals surface area (Å²) in [7, 11) is 8.29. The SMILES string of the molecule is CC.CNc1cc(C(=O)OC)n(C)c1.Cn1cc(NC(=O)OC(C)(C)C)cc1C(=O)Nc1cn(C)c(C=O)n1. The van der Waals surface area contributed by atoms with Gasteiger partial charge in [0, 0.05) is 46.8 Å². The molecule has 2 amide bonds. The number of aryl methyl sites for hydroxylation is 3. The number of methoxy groups -OCH3 is 1. The minimum atomic E-state index is -0.617. The number of carbonyl (C=O) groups excluding carboxylic acids is 4. The van der Waals surface area contributed by atoms with E-state index in [0.29, 0.717) is 23.4 Å². The number of anilines is 3. The number of carbonyl (C=O) groups is 4. The number of nitrogens with one attached hydrogen (secondary N) is 3. The summed E-state index contributed by atoms with van der Waals surface area (Å²) < 4.78 is 14.5. The molecule has 0 fully saturated rings. The van der Waals surface area contributed by atoms with Crippen LogP contribution in [0.2, 0.25) is 0 Å². The summed E-state index contributed by atoms with van der Waals surface area (Å²) in [6, 6.07) is 3.26. The number of amides is 2. The third-order valence-corrected chi connectivity index (χ3v) is 4.83. The highest BCUT2D eigenvalue weighted by atomic mass is 16.6. The van der Waals surface area contributed by atoms with E-state index in [0.717, 1.165) is 5.69 Å². The van der Waals surface area contributed by atoms with Gasteiger partial charge in [0.15, 0.2) is 17.9 Å².